The zero-order chi connectivity index (χ0) is 6.73. The molecule has 0 radical (unpaired) electrons. The Morgan fingerprint density at radius 2 is 1.62 bits per heavy atom. The van der Waals surface area contributed by atoms with Gasteiger partial charge in [-0.25, -0.2) is 0 Å². The summed E-state index contributed by atoms with van der Waals surface area (Å²) >= 11 is 11.4. The van der Waals surface area contributed by atoms with Crippen molar-refractivity contribution in [3.05, 3.63) is 0 Å². The lowest BCUT2D eigenvalue weighted by atomic mass is 10.4. The van der Waals surface area contributed by atoms with Crippen LogP contribution < -0.4 is 0 Å². The molecule has 2 unspecified atom stereocenters. The Kier molecular flexibility index (Phi) is 3.78. The van der Waals surface area contributed by atoms with Crippen molar-refractivity contribution in [2.45, 2.75) is 17.8 Å². The molecule has 0 saturated heterocycles. The molecule has 0 saturated carbocycles. The van der Waals surface area contributed by atoms with E-state index in [-0.39, 0.29) is 10.9 Å². The molecule has 0 spiro atoms. The van der Waals surface area contributed by atoms with Crippen molar-refractivity contribution < 1.29 is 0 Å². The van der Waals surface area contributed by atoms with E-state index in [9.17, 15) is 0 Å². The summed E-state index contributed by atoms with van der Waals surface area (Å²) in [4.78, 5) is 1.87. The highest BCUT2D eigenvalue weighted by molar-refractivity contribution is 6.29. The Labute approximate surface area is 60.6 Å². The lowest BCUT2D eigenvalue weighted by molar-refractivity contribution is 0.372. The number of alkyl halides is 2. The minimum absolute atomic E-state index is 0.00617. The monoisotopic (exact) mass is 155 g/mol. The van der Waals surface area contributed by atoms with Crippen LogP contribution in [0.25, 0.3) is 0 Å². The van der Waals surface area contributed by atoms with Gasteiger partial charge in [0.1, 0.15) is 5.50 Å². The second-order valence-corrected chi connectivity index (χ2v) is 3.15. The SMILES string of the molecule is CC(Cl)C(Cl)N(C)C. The maximum Gasteiger partial charge on any atom is 0.101 e. The van der Waals surface area contributed by atoms with E-state index in [1.807, 2.05) is 25.9 Å². The van der Waals surface area contributed by atoms with E-state index in [0.29, 0.717) is 0 Å². The molecular formula is C5H11Cl2N. The van der Waals surface area contributed by atoms with Crippen LogP contribution in [0.1, 0.15) is 6.92 Å². The largest absolute Gasteiger partial charge is 0.292 e. The Bertz CT molecular complexity index is 55.4. The molecule has 0 aromatic rings. The van der Waals surface area contributed by atoms with Gasteiger partial charge >= 0.3 is 0 Å². The maximum atomic E-state index is 5.74. The predicted octanol–water partition coefficient (Wildman–Crippen LogP) is 1.74. The molecule has 0 fully saturated rings. The number of halogens is 2. The summed E-state index contributed by atoms with van der Waals surface area (Å²) in [5.41, 5.74) is -0.0586. The molecule has 0 aromatic carbocycles. The van der Waals surface area contributed by atoms with Crippen LogP contribution in [0.15, 0.2) is 0 Å². The second kappa shape index (κ2) is 3.54. The number of hydrogen-bond donors (Lipinski definition) is 0. The van der Waals surface area contributed by atoms with Gasteiger partial charge in [0.15, 0.2) is 0 Å². The number of nitrogens with zero attached hydrogens (tertiary/aromatic N) is 1. The normalized spacial score (nSPS) is 18.8. The van der Waals surface area contributed by atoms with Crippen LogP contribution in [0.5, 0.6) is 0 Å². The zero-order valence-electron chi connectivity index (χ0n) is 5.36. The highest BCUT2D eigenvalue weighted by Crippen LogP contribution is 2.10. The Morgan fingerprint density at radius 1 is 1.25 bits per heavy atom. The topological polar surface area (TPSA) is 3.24 Å². The van der Waals surface area contributed by atoms with E-state index >= 15 is 0 Å². The van der Waals surface area contributed by atoms with Gasteiger partial charge in [0.05, 0.1) is 5.38 Å². The third kappa shape index (κ3) is 2.75. The summed E-state index contributed by atoms with van der Waals surface area (Å²) in [5.74, 6) is 0. The molecule has 0 aliphatic carbocycles. The summed E-state index contributed by atoms with van der Waals surface area (Å²) in [7, 11) is 3.80. The molecule has 0 bridgehead atoms. The van der Waals surface area contributed by atoms with Crippen LogP contribution in [0, 0.1) is 0 Å². The fourth-order valence-corrected chi connectivity index (χ4v) is 0.636. The van der Waals surface area contributed by atoms with Crippen molar-refractivity contribution in [3.63, 3.8) is 0 Å². The predicted molar refractivity (Wildman–Crippen MR) is 38.6 cm³/mol. The van der Waals surface area contributed by atoms with Gasteiger partial charge in [-0.3, -0.25) is 4.90 Å². The lowest BCUT2D eigenvalue weighted by Crippen LogP contribution is -2.28. The van der Waals surface area contributed by atoms with E-state index in [2.05, 4.69) is 0 Å². The first-order valence-electron chi connectivity index (χ1n) is 2.50. The number of hydrogen-bond acceptors (Lipinski definition) is 1. The molecule has 3 heteroatoms. The van der Waals surface area contributed by atoms with Crippen molar-refractivity contribution in [3.8, 4) is 0 Å². The summed E-state index contributed by atoms with van der Waals surface area (Å²) in [5, 5.41) is 0.00617. The molecule has 0 rings (SSSR count). The van der Waals surface area contributed by atoms with Gasteiger partial charge in [-0.05, 0) is 21.0 Å². The molecule has 8 heavy (non-hydrogen) atoms. The van der Waals surface area contributed by atoms with Crippen LogP contribution in [-0.4, -0.2) is 29.9 Å². The van der Waals surface area contributed by atoms with Gasteiger partial charge in [0.2, 0.25) is 0 Å². The van der Waals surface area contributed by atoms with Crippen LogP contribution in [0.2, 0.25) is 0 Å². The average molecular weight is 156 g/mol. The third-order valence-corrected chi connectivity index (χ3v) is 2.01. The zero-order valence-corrected chi connectivity index (χ0v) is 6.87. The smallest absolute Gasteiger partial charge is 0.101 e. The van der Waals surface area contributed by atoms with E-state index in [1.54, 1.807) is 0 Å². The molecule has 0 aromatic heterocycles. The molecular weight excluding hydrogens is 145 g/mol. The van der Waals surface area contributed by atoms with Crippen LogP contribution in [0.4, 0.5) is 0 Å². The fourth-order valence-electron chi connectivity index (χ4n) is 0.411. The first-order valence-corrected chi connectivity index (χ1v) is 3.37. The van der Waals surface area contributed by atoms with E-state index in [0.717, 1.165) is 0 Å². The molecule has 1 nitrogen and oxygen atoms in total. The van der Waals surface area contributed by atoms with Crippen LogP contribution >= 0.6 is 23.2 Å². The highest BCUT2D eigenvalue weighted by Gasteiger charge is 2.12. The van der Waals surface area contributed by atoms with E-state index in [4.69, 9.17) is 23.2 Å². The summed E-state index contributed by atoms with van der Waals surface area (Å²) in [6.45, 7) is 1.87. The van der Waals surface area contributed by atoms with Crippen molar-refractivity contribution in [1.82, 2.24) is 4.90 Å². The Hall–Kier alpha value is 0.540. The standard InChI is InChI=1S/C5H11Cl2N/c1-4(6)5(7)8(2)3/h4-5H,1-3H3. The average Bonchev–Trinajstić information content (AvgIpc) is 1.64. The van der Waals surface area contributed by atoms with Gasteiger partial charge in [-0.1, -0.05) is 0 Å². The highest BCUT2D eigenvalue weighted by atomic mass is 35.5. The molecule has 0 amide bonds. The van der Waals surface area contributed by atoms with Crippen molar-refractivity contribution >= 4 is 23.2 Å². The Morgan fingerprint density at radius 3 is 1.62 bits per heavy atom. The van der Waals surface area contributed by atoms with E-state index < -0.39 is 0 Å². The van der Waals surface area contributed by atoms with Gasteiger partial charge < -0.3 is 0 Å². The quantitative estimate of drug-likeness (QED) is 0.434. The first-order chi connectivity index (χ1) is 3.55. The molecule has 0 aliphatic rings. The minimum atomic E-state index is -0.0586. The van der Waals surface area contributed by atoms with Gasteiger partial charge in [-0.2, -0.15) is 0 Å². The van der Waals surface area contributed by atoms with E-state index in [1.165, 1.54) is 0 Å². The molecule has 0 heterocycles. The number of rotatable bonds is 2. The lowest BCUT2D eigenvalue weighted by Gasteiger charge is -2.18. The minimum Gasteiger partial charge on any atom is -0.292 e. The third-order valence-electron chi connectivity index (χ3n) is 0.872. The first kappa shape index (κ1) is 8.54. The summed E-state index contributed by atoms with van der Waals surface area (Å²) in [6.07, 6.45) is 0. The van der Waals surface area contributed by atoms with Crippen LogP contribution in [-0.2, 0) is 0 Å². The molecule has 50 valence electrons. The van der Waals surface area contributed by atoms with Gasteiger partial charge in [0.25, 0.3) is 0 Å². The van der Waals surface area contributed by atoms with Crippen molar-refractivity contribution in [2.24, 2.45) is 0 Å². The van der Waals surface area contributed by atoms with Gasteiger partial charge in [-0.15, -0.1) is 23.2 Å². The van der Waals surface area contributed by atoms with Gasteiger partial charge in [0, 0.05) is 0 Å². The fraction of sp³-hybridized carbons (Fsp3) is 1.00. The maximum absolute atomic E-state index is 5.74. The molecule has 0 N–H and O–H groups in total. The van der Waals surface area contributed by atoms with Crippen molar-refractivity contribution in [2.75, 3.05) is 14.1 Å². The van der Waals surface area contributed by atoms with Crippen molar-refractivity contribution in [1.29, 1.82) is 0 Å². The molecule has 2 atom stereocenters. The Balaban J connectivity index is 3.46. The summed E-state index contributed by atoms with van der Waals surface area (Å²) < 4.78 is 0. The van der Waals surface area contributed by atoms with Crippen LogP contribution in [0.3, 0.4) is 0 Å². The summed E-state index contributed by atoms with van der Waals surface area (Å²) in [6, 6.07) is 0. The molecule has 0 aliphatic heterocycles. The second-order valence-electron chi connectivity index (χ2n) is 2.01.